The zero-order valence-corrected chi connectivity index (χ0v) is 13.2. The van der Waals surface area contributed by atoms with E-state index in [2.05, 4.69) is 4.90 Å². The van der Waals surface area contributed by atoms with Crippen molar-refractivity contribution in [2.24, 2.45) is 0 Å². The van der Waals surface area contributed by atoms with Gasteiger partial charge in [0.15, 0.2) is 0 Å². The lowest BCUT2D eigenvalue weighted by molar-refractivity contribution is 0.237. The zero-order chi connectivity index (χ0) is 16.1. The third kappa shape index (κ3) is 4.29. The highest BCUT2D eigenvalue weighted by atomic mass is 16.5. The number of nitrogens with zero attached hydrogens (tertiary/aromatic N) is 1. The Morgan fingerprint density at radius 2 is 1.61 bits per heavy atom. The van der Waals surface area contributed by atoms with Gasteiger partial charge in [-0.2, -0.15) is 0 Å². The molecule has 0 radical (unpaired) electrons. The van der Waals surface area contributed by atoms with E-state index in [4.69, 9.17) is 20.9 Å². The van der Waals surface area contributed by atoms with E-state index in [9.17, 15) is 0 Å². The lowest BCUT2D eigenvalue weighted by atomic mass is 10.2. The van der Waals surface area contributed by atoms with Gasteiger partial charge in [-0.05, 0) is 50.2 Å². The number of anilines is 2. The maximum Gasteiger partial charge on any atom is 0.131 e. The highest BCUT2D eigenvalue weighted by Gasteiger charge is 2.10. The highest BCUT2D eigenvalue weighted by Crippen LogP contribution is 2.28. The number of rotatable bonds is 6. The molecule has 0 atom stereocenters. The standard InChI is InChI=1S/C18H23N3O2/c19-17-7-6-16(13-18(17)20)23-15-5-3-4-14(12-15)22-11-10-21-8-1-2-9-21/h3-7,12-13H,1-2,8-11,19-20H2. The van der Waals surface area contributed by atoms with Gasteiger partial charge in [0.25, 0.3) is 0 Å². The van der Waals surface area contributed by atoms with E-state index >= 15 is 0 Å². The van der Waals surface area contributed by atoms with Gasteiger partial charge in [-0.3, -0.25) is 4.90 Å². The van der Waals surface area contributed by atoms with Crippen molar-refractivity contribution in [1.82, 2.24) is 4.90 Å². The molecule has 4 N–H and O–H groups in total. The van der Waals surface area contributed by atoms with Crippen LogP contribution in [0, 0.1) is 0 Å². The largest absolute Gasteiger partial charge is 0.492 e. The van der Waals surface area contributed by atoms with Gasteiger partial charge >= 0.3 is 0 Å². The molecule has 2 aromatic rings. The molecule has 2 aromatic carbocycles. The molecule has 1 heterocycles. The van der Waals surface area contributed by atoms with E-state index in [1.807, 2.05) is 24.3 Å². The van der Waals surface area contributed by atoms with Gasteiger partial charge in [0.05, 0.1) is 11.4 Å². The Morgan fingerprint density at radius 1 is 0.870 bits per heavy atom. The van der Waals surface area contributed by atoms with E-state index in [0.29, 0.717) is 29.5 Å². The summed E-state index contributed by atoms with van der Waals surface area (Å²) in [4.78, 5) is 2.43. The molecular weight excluding hydrogens is 290 g/mol. The summed E-state index contributed by atoms with van der Waals surface area (Å²) in [6, 6.07) is 12.9. The molecule has 1 fully saturated rings. The Morgan fingerprint density at radius 3 is 2.39 bits per heavy atom. The van der Waals surface area contributed by atoms with Crippen LogP contribution in [-0.4, -0.2) is 31.1 Å². The first-order valence-electron chi connectivity index (χ1n) is 7.99. The second kappa shape index (κ2) is 7.24. The van der Waals surface area contributed by atoms with Crippen LogP contribution in [0.1, 0.15) is 12.8 Å². The van der Waals surface area contributed by atoms with E-state index in [1.54, 1.807) is 18.2 Å². The van der Waals surface area contributed by atoms with Gasteiger partial charge in [0.1, 0.15) is 23.9 Å². The molecule has 122 valence electrons. The molecule has 1 saturated heterocycles. The fourth-order valence-corrected chi connectivity index (χ4v) is 2.68. The van der Waals surface area contributed by atoms with Gasteiger partial charge in [-0.25, -0.2) is 0 Å². The Bertz CT molecular complexity index is 654. The molecule has 0 spiro atoms. The third-order valence-electron chi connectivity index (χ3n) is 3.97. The van der Waals surface area contributed by atoms with E-state index in [0.717, 1.165) is 12.3 Å². The van der Waals surface area contributed by atoms with Gasteiger partial charge in [0.2, 0.25) is 0 Å². The van der Waals surface area contributed by atoms with Gasteiger partial charge in [-0.1, -0.05) is 6.07 Å². The van der Waals surface area contributed by atoms with E-state index < -0.39 is 0 Å². The molecule has 5 nitrogen and oxygen atoms in total. The second-order valence-corrected chi connectivity index (χ2v) is 5.76. The predicted octanol–water partition coefficient (Wildman–Crippen LogP) is 3.12. The Kier molecular flexibility index (Phi) is 4.88. The topological polar surface area (TPSA) is 73.7 Å². The SMILES string of the molecule is Nc1ccc(Oc2cccc(OCCN3CCCC3)c2)cc1N. The summed E-state index contributed by atoms with van der Waals surface area (Å²) in [6.45, 7) is 4.04. The van der Waals surface area contributed by atoms with Crippen LogP contribution in [0.3, 0.4) is 0 Å². The molecule has 0 aromatic heterocycles. The fourth-order valence-electron chi connectivity index (χ4n) is 2.68. The van der Waals surface area contributed by atoms with Crippen LogP contribution >= 0.6 is 0 Å². The number of ether oxygens (including phenoxy) is 2. The Balaban J connectivity index is 1.56. The fraction of sp³-hybridized carbons (Fsp3) is 0.333. The molecule has 0 bridgehead atoms. The van der Waals surface area contributed by atoms with Crippen molar-refractivity contribution in [3.63, 3.8) is 0 Å². The average Bonchev–Trinajstić information content (AvgIpc) is 3.05. The molecule has 0 aliphatic carbocycles. The summed E-state index contributed by atoms with van der Waals surface area (Å²) in [6.07, 6.45) is 2.60. The van der Waals surface area contributed by atoms with Crippen molar-refractivity contribution in [2.75, 3.05) is 37.7 Å². The van der Waals surface area contributed by atoms with Crippen LogP contribution in [0.5, 0.6) is 17.2 Å². The van der Waals surface area contributed by atoms with Crippen LogP contribution in [0.25, 0.3) is 0 Å². The van der Waals surface area contributed by atoms with Crippen LogP contribution in [-0.2, 0) is 0 Å². The lowest BCUT2D eigenvalue weighted by Crippen LogP contribution is -2.25. The first-order valence-corrected chi connectivity index (χ1v) is 7.99. The van der Waals surface area contributed by atoms with Crippen molar-refractivity contribution in [3.05, 3.63) is 42.5 Å². The average molecular weight is 313 g/mol. The number of nitrogens with two attached hydrogens (primary N) is 2. The number of hydrogen-bond acceptors (Lipinski definition) is 5. The molecule has 1 aliphatic heterocycles. The smallest absolute Gasteiger partial charge is 0.131 e. The van der Waals surface area contributed by atoms with Gasteiger partial charge in [-0.15, -0.1) is 0 Å². The summed E-state index contributed by atoms with van der Waals surface area (Å²) in [5.74, 6) is 2.18. The van der Waals surface area contributed by atoms with Gasteiger partial charge < -0.3 is 20.9 Å². The molecule has 0 amide bonds. The van der Waals surface area contributed by atoms with Crippen molar-refractivity contribution in [1.29, 1.82) is 0 Å². The monoisotopic (exact) mass is 313 g/mol. The minimum absolute atomic E-state index is 0.514. The van der Waals surface area contributed by atoms with Gasteiger partial charge in [0, 0.05) is 18.7 Å². The minimum Gasteiger partial charge on any atom is -0.492 e. The van der Waals surface area contributed by atoms with Crippen LogP contribution < -0.4 is 20.9 Å². The number of benzene rings is 2. The third-order valence-corrected chi connectivity index (χ3v) is 3.97. The zero-order valence-electron chi connectivity index (χ0n) is 13.2. The minimum atomic E-state index is 0.514. The van der Waals surface area contributed by atoms with E-state index in [-0.39, 0.29) is 0 Å². The maximum absolute atomic E-state index is 5.82. The number of likely N-dealkylation sites (tertiary alicyclic amines) is 1. The van der Waals surface area contributed by atoms with Crippen LogP contribution in [0.4, 0.5) is 11.4 Å². The Labute approximate surface area is 136 Å². The summed E-state index contributed by atoms with van der Waals surface area (Å²) >= 11 is 0. The summed E-state index contributed by atoms with van der Waals surface area (Å²) in [5.41, 5.74) is 12.6. The summed E-state index contributed by atoms with van der Waals surface area (Å²) < 4.78 is 11.6. The predicted molar refractivity (Wildman–Crippen MR) is 93.0 cm³/mol. The molecule has 23 heavy (non-hydrogen) atoms. The quantitative estimate of drug-likeness (QED) is 0.802. The maximum atomic E-state index is 5.82. The van der Waals surface area contributed by atoms with Crippen molar-refractivity contribution in [3.8, 4) is 17.2 Å². The lowest BCUT2D eigenvalue weighted by Gasteiger charge is -2.15. The molecule has 5 heteroatoms. The number of nitrogen functional groups attached to an aromatic ring is 2. The van der Waals surface area contributed by atoms with E-state index in [1.165, 1.54) is 25.9 Å². The van der Waals surface area contributed by atoms with Crippen molar-refractivity contribution < 1.29 is 9.47 Å². The Hall–Kier alpha value is -2.40. The molecule has 0 unspecified atom stereocenters. The normalized spacial score (nSPS) is 14.8. The molecular formula is C18H23N3O2. The second-order valence-electron chi connectivity index (χ2n) is 5.76. The first-order chi connectivity index (χ1) is 11.2. The summed E-state index contributed by atoms with van der Waals surface area (Å²) in [7, 11) is 0. The molecule has 1 aliphatic rings. The molecule has 0 saturated carbocycles. The summed E-state index contributed by atoms with van der Waals surface area (Å²) in [5, 5.41) is 0. The highest BCUT2D eigenvalue weighted by molar-refractivity contribution is 5.65. The van der Waals surface area contributed by atoms with Crippen LogP contribution in [0.15, 0.2) is 42.5 Å². The van der Waals surface area contributed by atoms with Crippen molar-refractivity contribution >= 4 is 11.4 Å². The van der Waals surface area contributed by atoms with Crippen molar-refractivity contribution in [2.45, 2.75) is 12.8 Å². The number of hydrogen-bond donors (Lipinski definition) is 2. The van der Waals surface area contributed by atoms with Crippen LogP contribution in [0.2, 0.25) is 0 Å². The first kappa shape index (κ1) is 15.5. The molecule has 3 rings (SSSR count).